The van der Waals surface area contributed by atoms with Gasteiger partial charge in [-0.25, -0.2) is 0 Å². The van der Waals surface area contributed by atoms with Crippen LogP contribution in [0.15, 0.2) is 36.5 Å². The molecule has 1 unspecified atom stereocenters. The number of anilines is 1. The van der Waals surface area contributed by atoms with Gasteiger partial charge in [-0.1, -0.05) is 12.1 Å². The molecular weight excluding hydrogens is 202 g/mol. The molecule has 0 amide bonds. The second-order valence-corrected chi connectivity index (χ2v) is 3.73. The molecule has 0 saturated heterocycles. The summed E-state index contributed by atoms with van der Waals surface area (Å²) >= 11 is 0. The molecule has 2 aromatic rings. The predicted octanol–water partition coefficient (Wildman–Crippen LogP) is 2.08. The van der Waals surface area contributed by atoms with Crippen LogP contribution in [0.1, 0.15) is 24.2 Å². The van der Waals surface area contributed by atoms with Crippen LogP contribution in [0.4, 0.5) is 5.69 Å². The quantitative estimate of drug-likeness (QED) is 0.734. The minimum Gasteiger partial charge on any atom is -0.392 e. The highest BCUT2D eigenvalue weighted by atomic mass is 16.3. The maximum absolute atomic E-state index is 8.93. The Kier molecular flexibility index (Phi) is 3.22. The Labute approximate surface area is 94.3 Å². The van der Waals surface area contributed by atoms with E-state index in [0.29, 0.717) is 0 Å². The van der Waals surface area contributed by atoms with E-state index in [2.05, 4.69) is 22.4 Å². The third-order valence-electron chi connectivity index (χ3n) is 2.51. The largest absolute Gasteiger partial charge is 0.392 e. The smallest absolute Gasteiger partial charge is 0.0681 e. The lowest BCUT2D eigenvalue weighted by atomic mass is 10.2. The average Bonchev–Trinajstić information content (AvgIpc) is 2.83. The Balaban J connectivity index is 2.03. The molecule has 0 aliphatic heterocycles. The molecule has 0 bridgehead atoms. The summed E-state index contributed by atoms with van der Waals surface area (Å²) in [5.74, 6) is 0. The van der Waals surface area contributed by atoms with Gasteiger partial charge in [0.15, 0.2) is 0 Å². The summed E-state index contributed by atoms with van der Waals surface area (Å²) in [5, 5.41) is 19.1. The van der Waals surface area contributed by atoms with Gasteiger partial charge in [-0.15, -0.1) is 0 Å². The van der Waals surface area contributed by atoms with Crippen LogP contribution in [0, 0.1) is 0 Å². The van der Waals surface area contributed by atoms with E-state index in [4.69, 9.17) is 5.11 Å². The van der Waals surface area contributed by atoms with Crippen LogP contribution in [0.2, 0.25) is 0 Å². The number of hydrogen-bond donors (Lipinski definition) is 3. The molecule has 0 spiro atoms. The molecule has 1 aromatic carbocycles. The first-order valence-electron chi connectivity index (χ1n) is 5.25. The molecule has 0 fully saturated rings. The van der Waals surface area contributed by atoms with E-state index < -0.39 is 0 Å². The van der Waals surface area contributed by atoms with Crippen molar-refractivity contribution in [2.45, 2.75) is 19.6 Å². The minimum absolute atomic E-state index is 0.0797. The van der Waals surface area contributed by atoms with Gasteiger partial charge in [-0.2, -0.15) is 5.10 Å². The first kappa shape index (κ1) is 10.7. The topological polar surface area (TPSA) is 60.9 Å². The van der Waals surface area contributed by atoms with Crippen molar-refractivity contribution in [3.8, 4) is 0 Å². The standard InChI is InChI=1S/C12H15N3O/c1-9(12-6-7-13-15-12)14-11-4-2-10(8-16)3-5-11/h2-7,9,14,16H,8H2,1H3,(H,13,15). The second kappa shape index (κ2) is 4.81. The number of H-pyrrole nitrogens is 1. The van der Waals surface area contributed by atoms with E-state index in [1.165, 1.54) is 0 Å². The minimum atomic E-state index is 0.0797. The summed E-state index contributed by atoms with van der Waals surface area (Å²) < 4.78 is 0. The number of nitrogens with one attached hydrogen (secondary N) is 2. The maximum atomic E-state index is 8.93. The average molecular weight is 217 g/mol. The van der Waals surface area contributed by atoms with Gasteiger partial charge in [0, 0.05) is 11.9 Å². The molecule has 3 N–H and O–H groups in total. The first-order chi connectivity index (χ1) is 7.79. The van der Waals surface area contributed by atoms with Crippen molar-refractivity contribution >= 4 is 5.69 Å². The highest BCUT2D eigenvalue weighted by Gasteiger charge is 2.05. The van der Waals surface area contributed by atoms with Crippen molar-refractivity contribution in [1.29, 1.82) is 0 Å². The number of nitrogens with zero attached hydrogens (tertiary/aromatic N) is 1. The summed E-state index contributed by atoms with van der Waals surface area (Å²) in [5.41, 5.74) is 2.99. The number of benzene rings is 1. The predicted molar refractivity (Wildman–Crippen MR) is 63.0 cm³/mol. The van der Waals surface area contributed by atoms with Crippen LogP contribution in [-0.2, 0) is 6.61 Å². The van der Waals surface area contributed by atoms with Gasteiger partial charge in [0.1, 0.15) is 0 Å². The van der Waals surface area contributed by atoms with Crippen molar-refractivity contribution in [3.63, 3.8) is 0 Å². The van der Waals surface area contributed by atoms with Crippen LogP contribution < -0.4 is 5.32 Å². The SMILES string of the molecule is CC(Nc1ccc(CO)cc1)c1ccn[nH]1. The fourth-order valence-corrected chi connectivity index (χ4v) is 1.54. The van der Waals surface area contributed by atoms with E-state index in [1.807, 2.05) is 30.3 Å². The maximum Gasteiger partial charge on any atom is 0.0681 e. The van der Waals surface area contributed by atoms with Crippen molar-refractivity contribution < 1.29 is 5.11 Å². The Morgan fingerprint density at radius 3 is 2.62 bits per heavy atom. The molecule has 0 radical (unpaired) electrons. The molecule has 0 aliphatic rings. The van der Waals surface area contributed by atoms with E-state index in [1.54, 1.807) is 6.20 Å². The molecule has 2 rings (SSSR count). The monoisotopic (exact) mass is 217 g/mol. The Morgan fingerprint density at radius 2 is 2.06 bits per heavy atom. The Hall–Kier alpha value is -1.81. The van der Waals surface area contributed by atoms with Gasteiger partial charge >= 0.3 is 0 Å². The zero-order valence-electron chi connectivity index (χ0n) is 9.14. The van der Waals surface area contributed by atoms with Gasteiger partial charge in [0.25, 0.3) is 0 Å². The fourth-order valence-electron chi connectivity index (χ4n) is 1.54. The summed E-state index contributed by atoms with van der Waals surface area (Å²) in [4.78, 5) is 0. The van der Waals surface area contributed by atoms with E-state index in [-0.39, 0.29) is 12.6 Å². The van der Waals surface area contributed by atoms with E-state index in [0.717, 1.165) is 16.9 Å². The summed E-state index contributed by atoms with van der Waals surface area (Å²) in [6.45, 7) is 2.14. The zero-order chi connectivity index (χ0) is 11.4. The molecule has 1 atom stereocenters. The third kappa shape index (κ3) is 2.41. The Morgan fingerprint density at radius 1 is 1.31 bits per heavy atom. The lowest BCUT2D eigenvalue weighted by Crippen LogP contribution is -2.06. The van der Waals surface area contributed by atoms with Gasteiger partial charge in [0.05, 0.1) is 18.3 Å². The molecule has 0 saturated carbocycles. The second-order valence-electron chi connectivity index (χ2n) is 3.73. The molecular formula is C12H15N3O. The number of hydrogen-bond acceptors (Lipinski definition) is 3. The number of aromatic nitrogens is 2. The Bertz CT molecular complexity index is 422. The highest BCUT2D eigenvalue weighted by molar-refractivity contribution is 5.46. The molecule has 0 aliphatic carbocycles. The highest BCUT2D eigenvalue weighted by Crippen LogP contribution is 2.17. The normalized spacial score (nSPS) is 12.4. The number of aliphatic hydroxyl groups is 1. The third-order valence-corrected chi connectivity index (χ3v) is 2.51. The van der Waals surface area contributed by atoms with Crippen molar-refractivity contribution in [2.75, 3.05) is 5.32 Å². The lowest BCUT2D eigenvalue weighted by Gasteiger charge is -2.13. The van der Waals surface area contributed by atoms with Crippen molar-refractivity contribution in [2.24, 2.45) is 0 Å². The summed E-state index contributed by atoms with van der Waals surface area (Å²) in [6.07, 6.45) is 1.74. The lowest BCUT2D eigenvalue weighted by molar-refractivity contribution is 0.282. The van der Waals surface area contributed by atoms with Crippen LogP contribution in [0.5, 0.6) is 0 Å². The van der Waals surface area contributed by atoms with E-state index in [9.17, 15) is 0 Å². The fraction of sp³-hybridized carbons (Fsp3) is 0.250. The van der Waals surface area contributed by atoms with Crippen LogP contribution in [0.25, 0.3) is 0 Å². The number of rotatable bonds is 4. The van der Waals surface area contributed by atoms with Crippen molar-refractivity contribution in [3.05, 3.63) is 47.8 Å². The molecule has 16 heavy (non-hydrogen) atoms. The van der Waals surface area contributed by atoms with Crippen LogP contribution >= 0.6 is 0 Å². The number of aliphatic hydroxyl groups excluding tert-OH is 1. The van der Waals surface area contributed by atoms with Gasteiger partial charge in [0.2, 0.25) is 0 Å². The first-order valence-corrected chi connectivity index (χ1v) is 5.25. The molecule has 4 heteroatoms. The molecule has 1 heterocycles. The summed E-state index contributed by atoms with van der Waals surface area (Å²) in [6, 6.07) is 9.85. The van der Waals surface area contributed by atoms with Crippen LogP contribution in [0.3, 0.4) is 0 Å². The van der Waals surface area contributed by atoms with E-state index >= 15 is 0 Å². The molecule has 1 aromatic heterocycles. The molecule has 4 nitrogen and oxygen atoms in total. The molecule has 84 valence electrons. The van der Waals surface area contributed by atoms with Crippen molar-refractivity contribution in [1.82, 2.24) is 10.2 Å². The van der Waals surface area contributed by atoms with Gasteiger partial charge < -0.3 is 10.4 Å². The summed E-state index contributed by atoms with van der Waals surface area (Å²) in [7, 11) is 0. The van der Waals surface area contributed by atoms with Gasteiger partial charge in [-0.3, -0.25) is 5.10 Å². The van der Waals surface area contributed by atoms with Crippen LogP contribution in [-0.4, -0.2) is 15.3 Å². The number of aromatic amines is 1. The van der Waals surface area contributed by atoms with Gasteiger partial charge in [-0.05, 0) is 30.7 Å². The zero-order valence-corrected chi connectivity index (χ0v) is 9.14.